The molecule has 0 aliphatic rings. The first-order valence-electron chi connectivity index (χ1n) is 4.59. The molecular weight excluding hydrogens is 197 g/mol. The summed E-state index contributed by atoms with van der Waals surface area (Å²) in [5.74, 6) is 0. The fourth-order valence-electron chi connectivity index (χ4n) is 1.18. The van der Waals surface area contributed by atoms with Crippen LogP contribution in [0.4, 0.5) is 5.69 Å². The van der Waals surface area contributed by atoms with Crippen molar-refractivity contribution in [2.45, 2.75) is 6.92 Å². The number of anilines is 1. The van der Waals surface area contributed by atoms with Gasteiger partial charge in [0.2, 0.25) is 0 Å². The minimum absolute atomic E-state index is 0.463. The lowest BCUT2D eigenvalue weighted by atomic mass is 10.3. The predicted molar refractivity (Wildman–Crippen MR) is 60.0 cm³/mol. The zero-order valence-corrected chi connectivity index (χ0v) is 9.70. The third-order valence-electron chi connectivity index (χ3n) is 2.04. The molecule has 14 heavy (non-hydrogen) atoms. The summed E-state index contributed by atoms with van der Waals surface area (Å²) in [7, 11) is -0.889. The molecule has 0 aliphatic heterocycles. The monoisotopic (exact) mass is 213 g/mol. The highest BCUT2D eigenvalue weighted by Gasteiger charge is 2.21. The molecule has 0 fully saturated rings. The van der Waals surface area contributed by atoms with Crippen LogP contribution in [0.15, 0.2) is 30.3 Å². The number of hydrogen-bond donors (Lipinski definition) is 0. The molecule has 4 heteroatoms. The predicted octanol–water partition coefficient (Wildman–Crippen LogP) is 2.98. The quantitative estimate of drug-likeness (QED) is 0.720. The maximum absolute atomic E-state index is 12.0. The molecule has 0 aliphatic carbocycles. The Kier molecular flexibility index (Phi) is 3.73. The van der Waals surface area contributed by atoms with E-state index in [1.807, 2.05) is 37.3 Å². The van der Waals surface area contributed by atoms with Crippen LogP contribution in [-0.2, 0) is 9.09 Å². The van der Waals surface area contributed by atoms with Gasteiger partial charge in [0.25, 0.3) is 7.52 Å². The van der Waals surface area contributed by atoms with E-state index in [1.165, 1.54) is 0 Å². The molecule has 1 atom stereocenters. The molecule has 0 N–H and O–H groups in total. The van der Waals surface area contributed by atoms with Crippen LogP contribution < -0.4 is 4.67 Å². The van der Waals surface area contributed by atoms with Gasteiger partial charge >= 0.3 is 0 Å². The van der Waals surface area contributed by atoms with Crippen LogP contribution >= 0.6 is 7.52 Å². The zero-order chi connectivity index (χ0) is 10.6. The van der Waals surface area contributed by atoms with Gasteiger partial charge in [-0.15, -0.1) is 0 Å². The maximum Gasteiger partial charge on any atom is 0.293 e. The van der Waals surface area contributed by atoms with Crippen molar-refractivity contribution < 1.29 is 9.09 Å². The van der Waals surface area contributed by atoms with E-state index in [-0.39, 0.29) is 0 Å². The number of hydrogen-bond acceptors (Lipinski definition) is 2. The number of rotatable bonds is 4. The van der Waals surface area contributed by atoms with Crippen LogP contribution in [0, 0.1) is 0 Å². The zero-order valence-electron chi connectivity index (χ0n) is 8.80. The van der Waals surface area contributed by atoms with Gasteiger partial charge in [-0.3, -0.25) is 4.57 Å². The van der Waals surface area contributed by atoms with Crippen molar-refractivity contribution in [3.05, 3.63) is 30.3 Å². The van der Waals surface area contributed by atoms with Crippen molar-refractivity contribution in [2.24, 2.45) is 0 Å². The summed E-state index contributed by atoms with van der Waals surface area (Å²) in [6.07, 6.45) is 0. The summed E-state index contributed by atoms with van der Waals surface area (Å²) in [6.45, 7) is 3.93. The molecule has 0 saturated heterocycles. The normalized spacial score (nSPS) is 14.8. The van der Waals surface area contributed by atoms with Crippen LogP contribution in [0.2, 0.25) is 0 Å². The highest BCUT2D eigenvalue weighted by molar-refractivity contribution is 7.59. The third-order valence-corrected chi connectivity index (χ3v) is 4.10. The average molecular weight is 213 g/mol. The molecule has 1 aromatic carbocycles. The summed E-state index contributed by atoms with van der Waals surface area (Å²) >= 11 is 0. The lowest BCUT2D eigenvalue weighted by Gasteiger charge is -2.26. The number of benzene rings is 1. The number of para-hydroxylation sites is 1. The van der Waals surface area contributed by atoms with Gasteiger partial charge in [0.05, 0.1) is 6.61 Å². The molecule has 0 radical (unpaired) electrons. The molecule has 78 valence electrons. The van der Waals surface area contributed by atoms with Gasteiger partial charge < -0.3 is 9.19 Å². The van der Waals surface area contributed by atoms with E-state index in [2.05, 4.69) is 0 Å². The Morgan fingerprint density at radius 2 is 1.93 bits per heavy atom. The summed E-state index contributed by atoms with van der Waals surface area (Å²) < 4.78 is 18.9. The lowest BCUT2D eigenvalue weighted by Crippen LogP contribution is -2.14. The summed E-state index contributed by atoms with van der Waals surface area (Å²) in [5, 5.41) is 0. The van der Waals surface area contributed by atoms with E-state index in [1.54, 1.807) is 18.4 Å². The lowest BCUT2D eigenvalue weighted by molar-refractivity contribution is 0.336. The minimum atomic E-state index is -2.67. The Morgan fingerprint density at radius 1 is 1.36 bits per heavy atom. The second-order valence-electron chi connectivity index (χ2n) is 3.08. The molecule has 1 rings (SSSR count). The van der Waals surface area contributed by atoms with Gasteiger partial charge in [-0.25, -0.2) is 0 Å². The third kappa shape index (κ3) is 2.60. The first-order chi connectivity index (χ1) is 6.58. The minimum Gasteiger partial charge on any atom is -0.314 e. The topological polar surface area (TPSA) is 29.5 Å². The summed E-state index contributed by atoms with van der Waals surface area (Å²) in [6, 6.07) is 9.58. The van der Waals surface area contributed by atoms with Crippen molar-refractivity contribution in [3.63, 3.8) is 0 Å². The van der Waals surface area contributed by atoms with Crippen LogP contribution in [0.25, 0.3) is 0 Å². The molecule has 0 bridgehead atoms. The van der Waals surface area contributed by atoms with Crippen LogP contribution in [0.1, 0.15) is 6.92 Å². The van der Waals surface area contributed by atoms with Crippen molar-refractivity contribution in [3.8, 4) is 0 Å². The van der Waals surface area contributed by atoms with E-state index in [9.17, 15) is 4.57 Å². The van der Waals surface area contributed by atoms with Gasteiger partial charge in [0, 0.05) is 19.4 Å². The van der Waals surface area contributed by atoms with Gasteiger partial charge in [-0.2, -0.15) is 0 Å². The van der Waals surface area contributed by atoms with E-state index in [0.717, 1.165) is 5.69 Å². The average Bonchev–Trinajstić information content (AvgIpc) is 2.18. The first-order valence-corrected chi connectivity index (χ1v) is 6.61. The molecule has 1 unspecified atom stereocenters. The summed E-state index contributed by atoms with van der Waals surface area (Å²) in [4.78, 5) is 0. The van der Waals surface area contributed by atoms with E-state index >= 15 is 0 Å². The van der Waals surface area contributed by atoms with Crippen molar-refractivity contribution in [1.82, 2.24) is 0 Å². The molecule has 3 nitrogen and oxygen atoms in total. The Morgan fingerprint density at radius 3 is 2.43 bits per heavy atom. The Labute approximate surface area is 85.2 Å². The molecule has 0 amide bonds. The maximum atomic E-state index is 12.0. The largest absolute Gasteiger partial charge is 0.314 e. The van der Waals surface area contributed by atoms with Crippen molar-refractivity contribution >= 4 is 13.2 Å². The van der Waals surface area contributed by atoms with Crippen LogP contribution in [0.5, 0.6) is 0 Å². The highest BCUT2D eigenvalue weighted by atomic mass is 31.2. The molecule has 0 aromatic heterocycles. The van der Waals surface area contributed by atoms with E-state index in [4.69, 9.17) is 4.52 Å². The Hall–Kier alpha value is -0.790. The van der Waals surface area contributed by atoms with Gasteiger partial charge in [0.1, 0.15) is 0 Å². The Bertz CT molecular complexity index is 326. The highest BCUT2D eigenvalue weighted by Crippen LogP contribution is 2.47. The van der Waals surface area contributed by atoms with Crippen LogP contribution in [0.3, 0.4) is 0 Å². The molecule has 0 saturated carbocycles. The standard InChI is InChI=1S/C10H16NO2P/c1-4-13-14(3,12)11(2)10-8-6-5-7-9-10/h5-9H,4H2,1-3H3. The molecule has 0 spiro atoms. The van der Waals surface area contributed by atoms with Crippen molar-refractivity contribution in [1.29, 1.82) is 0 Å². The second-order valence-corrected chi connectivity index (χ2v) is 5.54. The van der Waals surface area contributed by atoms with Gasteiger partial charge in [-0.1, -0.05) is 18.2 Å². The SMILES string of the molecule is CCOP(C)(=O)N(C)c1ccccc1. The van der Waals surface area contributed by atoms with Gasteiger partial charge in [-0.05, 0) is 19.1 Å². The second kappa shape index (κ2) is 4.63. The smallest absolute Gasteiger partial charge is 0.293 e. The summed E-state index contributed by atoms with van der Waals surface area (Å²) in [5.41, 5.74) is 0.909. The fraction of sp³-hybridized carbons (Fsp3) is 0.400. The van der Waals surface area contributed by atoms with Gasteiger partial charge in [0.15, 0.2) is 0 Å². The fourth-order valence-corrected chi connectivity index (χ4v) is 2.38. The molecule has 0 heterocycles. The molecular formula is C10H16NO2P. The Balaban J connectivity index is 2.85. The molecule has 1 aromatic rings. The van der Waals surface area contributed by atoms with Crippen molar-refractivity contribution in [2.75, 3.05) is 25.0 Å². The first kappa shape index (κ1) is 11.3. The van der Waals surface area contributed by atoms with E-state index in [0.29, 0.717) is 6.61 Å². The van der Waals surface area contributed by atoms with Crippen LogP contribution in [-0.4, -0.2) is 20.3 Å². The number of nitrogens with zero attached hydrogens (tertiary/aromatic N) is 1. The van der Waals surface area contributed by atoms with E-state index < -0.39 is 7.52 Å².